The number of fused-ring (bicyclic) bond motifs is 6. The minimum Gasteiger partial charge on any atom is -0.463 e. The highest BCUT2D eigenvalue weighted by Gasteiger charge is 2.45. The highest BCUT2D eigenvalue weighted by molar-refractivity contribution is 9.10. The average molecular weight is 478 g/mol. The van der Waals surface area contributed by atoms with Crippen LogP contribution in [0.4, 0.5) is 10.1 Å². The average Bonchev–Trinajstić information content (AvgIpc) is 3.32. The van der Waals surface area contributed by atoms with Gasteiger partial charge in [-0.2, -0.15) is 0 Å². The Morgan fingerprint density at radius 2 is 2.14 bits per heavy atom. The molecule has 142 valence electrons. The van der Waals surface area contributed by atoms with Crippen LogP contribution in [0.3, 0.4) is 0 Å². The molecule has 1 aliphatic carbocycles. The number of anilines is 1. The van der Waals surface area contributed by atoms with E-state index in [0.29, 0.717) is 27.2 Å². The molecule has 3 nitrogen and oxygen atoms in total. The second-order valence-electron chi connectivity index (χ2n) is 7.45. The van der Waals surface area contributed by atoms with Crippen molar-refractivity contribution in [3.63, 3.8) is 0 Å². The van der Waals surface area contributed by atoms with Gasteiger partial charge in [0.05, 0.1) is 17.3 Å². The summed E-state index contributed by atoms with van der Waals surface area (Å²) in [4.78, 5) is 8.44. The SMILES string of the molecule is Fc1cc(Br)cc2c1C1Cc3cc(Cl)ccc3N1C(c1nc3c(s1)CCC3)O2. The molecule has 2 aliphatic heterocycles. The first-order valence-electron chi connectivity index (χ1n) is 9.29. The molecule has 0 radical (unpaired) electrons. The molecule has 0 bridgehead atoms. The summed E-state index contributed by atoms with van der Waals surface area (Å²) < 4.78 is 22.0. The lowest BCUT2D eigenvalue weighted by atomic mass is 9.99. The third-order valence-electron chi connectivity index (χ3n) is 5.77. The molecule has 7 heteroatoms. The predicted molar refractivity (Wildman–Crippen MR) is 112 cm³/mol. The van der Waals surface area contributed by atoms with Crippen molar-refractivity contribution in [2.75, 3.05) is 4.90 Å². The summed E-state index contributed by atoms with van der Waals surface area (Å²) in [5.74, 6) is 0.339. The summed E-state index contributed by atoms with van der Waals surface area (Å²) in [5.41, 5.74) is 3.96. The minimum absolute atomic E-state index is 0.131. The first-order chi connectivity index (χ1) is 13.6. The molecule has 28 heavy (non-hydrogen) atoms. The van der Waals surface area contributed by atoms with Gasteiger partial charge in [-0.15, -0.1) is 11.3 Å². The Balaban J connectivity index is 1.54. The topological polar surface area (TPSA) is 25.4 Å². The van der Waals surface area contributed by atoms with Crippen LogP contribution in [0.1, 0.15) is 45.4 Å². The maximum atomic E-state index is 15.0. The zero-order valence-corrected chi connectivity index (χ0v) is 17.9. The smallest absolute Gasteiger partial charge is 0.225 e. The molecule has 2 aromatic carbocycles. The van der Waals surface area contributed by atoms with Crippen molar-refractivity contribution in [1.82, 2.24) is 4.98 Å². The van der Waals surface area contributed by atoms with Crippen LogP contribution in [0, 0.1) is 5.82 Å². The lowest BCUT2D eigenvalue weighted by Gasteiger charge is -2.40. The zero-order valence-electron chi connectivity index (χ0n) is 14.7. The van der Waals surface area contributed by atoms with E-state index in [0.717, 1.165) is 29.1 Å². The maximum Gasteiger partial charge on any atom is 0.225 e. The number of nitrogens with zero attached hydrogens (tertiary/aromatic N) is 2. The fourth-order valence-electron chi connectivity index (χ4n) is 4.62. The second-order valence-corrected chi connectivity index (χ2v) is 9.91. The summed E-state index contributed by atoms with van der Waals surface area (Å²) >= 11 is 11.4. The van der Waals surface area contributed by atoms with Crippen molar-refractivity contribution in [1.29, 1.82) is 0 Å². The normalized spacial score (nSPS) is 21.8. The summed E-state index contributed by atoms with van der Waals surface area (Å²) in [6.07, 6.45) is 3.64. The van der Waals surface area contributed by atoms with Gasteiger partial charge in [-0.3, -0.25) is 0 Å². The molecule has 0 spiro atoms. The number of hydrogen-bond acceptors (Lipinski definition) is 4. The summed E-state index contributed by atoms with van der Waals surface area (Å²) in [6, 6.07) is 9.11. The van der Waals surface area contributed by atoms with Crippen LogP contribution in [0.5, 0.6) is 5.75 Å². The van der Waals surface area contributed by atoms with E-state index in [1.807, 2.05) is 24.3 Å². The Hall–Kier alpha value is -1.63. The quantitative estimate of drug-likeness (QED) is 0.406. The monoisotopic (exact) mass is 476 g/mol. The minimum atomic E-state index is -0.357. The van der Waals surface area contributed by atoms with Crippen molar-refractivity contribution in [3.8, 4) is 5.75 Å². The number of rotatable bonds is 1. The molecular formula is C21H15BrClFN2OS. The molecule has 1 aromatic heterocycles. The van der Waals surface area contributed by atoms with E-state index in [1.165, 1.54) is 23.1 Å². The van der Waals surface area contributed by atoms with Gasteiger partial charge < -0.3 is 9.64 Å². The van der Waals surface area contributed by atoms with Gasteiger partial charge in [-0.05, 0) is 61.6 Å². The van der Waals surface area contributed by atoms with Crippen LogP contribution < -0.4 is 9.64 Å². The molecule has 0 N–H and O–H groups in total. The van der Waals surface area contributed by atoms with Gasteiger partial charge in [0, 0.05) is 20.1 Å². The molecule has 3 aliphatic rings. The Kier molecular flexibility index (Phi) is 3.81. The molecule has 2 atom stereocenters. The second kappa shape index (κ2) is 6.18. The number of hydrogen-bond donors (Lipinski definition) is 0. The standard InChI is InChI=1S/C21H15BrClFN2OS/c22-11-8-13(24)19-16-7-10-6-12(23)4-5-15(10)26(16)21(27-17(19)9-11)20-25-14-2-1-3-18(14)28-20/h4-6,8-9,16,21H,1-3,7H2. The lowest BCUT2D eigenvalue weighted by molar-refractivity contribution is 0.164. The van der Waals surface area contributed by atoms with E-state index >= 15 is 0 Å². The summed E-state index contributed by atoms with van der Waals surface area (Å²) in [6.45, 7) is 0. The lowest BCUT2D eigenvalue weighted by Crippen LogP contribution is -2.38. The van der Waals surface area contributed by atoms with Gasteiger partial charge in [-0.25, -0.2) is 9.37 Å². The van der Waals surface area contributed by atoms with Crippen molar-refractivity contribution in [3.05, 3.63) is 72.4 Å². The number of aromatic nitrogens is 1. The van der Waals surface area contributed by atoms with E-state index in [4.69, 9.17) is 21.3 Å². The molecule has 3 aromatic rings. The Morgan fingerprint density at radius 1 is 1.25 bits per heavy atom. The van der Waals surface area contributed by atoms with Crippen LogP contribution in [-0.4, -0.2) is 4.98 Å². The van der Waals surface area contributed by atoms with Crippen LogP contribution in [0.2, 0.25) is 5.02 Å². The van der Waals surface area contributed by atoms with E-state index in [1.54, 1.807) is 11.3 Å². The first-order valence-corrected chi connectivity index (χ1v) is 11.3. The summed E-state index contributed by atoms with van der Waals surface area (Å²) in [5, 5.41) is 1.64. The molecule has 0 saturated heterocycles. The van der Waals surface area contributed by atoms with E-state index in [9.17, 15) is 4.39 Å². The van der Waals surface area contributed by atoms with Gasteiger partial charge >= 0.3 is 0 Å². The number of ether oxygens (including phenoxy) is 1. The van der Waals surface area contributed by atoms with Crippen LogP contribution >= 0.6 is 38.9 Å². The van der Waals surface area contributed by atoms with Gasteiger partial charge in [0.15, 0.2) is 5.01 Å². The van der Waals surface area contributed by atoms with Gasteiger partial charge in [0.1, 0.15) is 11.6 Å². The fraction of sp³-hybridized carbons (Fsp3) is 0.286. The maximum absolute atomic E-state index is 15.0. The van der Waals surface area contributed by atoms with E-state index in [-0.39, 0.29) is 18.1 Å². The zero-order chi connectivity index (χ0) is 19.0. The largest absolute Gasteiger partial charge is 0.463 e. The highest BCUT2D eigenvalue weighted by Crippen LogP contribution is 2.53. The van der Waals surface area contributed by atoms with E-state index < -0.39 is 0 Å². The summed E-state index contributed by atoms with van der Waals surface area (Å²) in [7, 11) is 0. The Morgan fingerprint density at radius 3 is 3.00 bits per heavy atom. The molecule has 0 amide bonds. The third kappa shape index (κ3) is 2.47. The number of benzene rings is 2. The van der Waals surface area contributed by atoms with Crippen molar-refractivity contribution < 1.29 is 9.13 Å². The number of aryl methyl sites for hydroxylation is 2. The van der Waals surface area contributed by atoms with Crippen LogP contribution in [-0.2, 0) is 19.3 Å². The molecule has 6 rings (SSSR count). The van der Waals surface area contributed by atoms with Gasteiger partial charge in [0.2, 0.25) is 6.23 Å². The van der Waals surface area contributed by atoms with Crippen molar-refractivity contribution in [2.45, 2.75) is 38.0 Å². The van der Waals surface area contributed by atoms with E-state index in [2.05, 4.69) is 20.8 Å². The third-order valence-corrected chi connectivity index (χ3v) is 7.65. The van der Waals surface area contributed by atoms with Gasteiger partial charge in [-0.1, -0.05) is 27.5 Å². The van der Waals surface area contributed by atoms with Gasteiger partial charge in [0.25, 0.3) is 0 Å². The Labute approximate surface area is 179 Å². The molecular weight excluding hydrogens is 463 g/mol. The number of thiazole rings is 1. The molecule has 0 saturated carbocycles. The number of halogens is 3. The van der Waals surface area contributed by atoms with Crippen molar-refractivity contribution >= 4 is 44.6 Å². The first kappa shape index (κ1) is 17.2. The molecule has 3 heterocycles. The van der Waals surface area contributed by atoms with Crippen LogP contribution in [0.25, 0.3) is 0 Å². The highest BCUT2D eigenvalue weighted by atomic mass is 79.9. The van der Waals surface area contributed by atoms with Crippen molar-refractivity contribution in [2.24, 2.45) is 0 Å². The molecule has 2 unspecified atom stereocenters. The fourth-order valence-corrected chi connectivity index (χ4v) is 6.41. The predicted octanol–water partition coefficient (Wildman–Crippen LogP) is 6.38. The van der Waals surface area contributed by atoms with Crippen LogP contribution in [0.15, 0.2) is 34.8 Å². The Bertz CT molecular complexity index is 1110. The molecule has 0 fully saturated rings.